The molecule has 1 aliphatic heterocycles. The molecule has 226 valence electrons. The van der Waals surface area contributed by atoms with E-state index in [9.17, 15) is 0 Å². The zero-order valence-electron chi connectivity index (χ0n) is 26.1. The molecule has 0 amide bonds. The fraction of sp³-hybridized carbons (Fsp3) is 0.474. The number of halogens is 1. The first-order valence-electron chi connectivity index (χ1n) is 16.2. The lowest BCUT2D eigenvalue weighted by molar-refractivity contribution is -0.232. The summed E-state index contributed by atoms with van der Waals surface area (Å²) in [6.45, 7) is 10.9. The molecule has 4 atom stereocenters. The highest BCUT2D eigenvalue weighted by Gasteiger charge is 2.66. The number of aryl methyl sites for hydroxylation is 1. The zero-order chi connectivity index (χ0) is 29.9. The first kappa shape index (κ1) is 29.3. The summed E-state index contributed by atoms with van der Waals surface area (Å²) in [6.07, 6.45) is 7.72. The van der Waals surface area contributed by atoms with Crippen LogP contribution in [0.2, 0.25) is 5.04 Å². The summed E-state index contributed by atoms with van der Waals surface area (Å²) in [7, 11) is -2.70. The van der Waals surface area contributed by atoms with Gasteiger partial charge >= 0.3 is 8.32 Å². The van der Waals surface area contributed by atoms with Gasteiger partial charge in [-0.2, -0.15) is 0 Å². The molecule has 0 radical (unpaired) electrons. The molecule has 0 bridgehead atoms. The van der Waals surface area contributed by atoms with Crippen molar-refractivity contribution in [3.63, 3.8) is 0 Å². The fourth-order valence-corrected chi connectivity index (χ4v) is 14.2. The van der Waals surface area contributed by atoms with Gasteiger partial charge in [0.2, 0.25) is 0 Å². The van der Waals surface area contributed by atoms with E-state index in [1.807, 2.05) is 0 Å². The Hall–Kier alpha value is -2.37. The topological polar surface area (TPSA) is 27.7 Å². The van der Waals surface area contributed by atoms with Gasteiger partial charge in [0.05, 0.1) is 13.2 Å². The van der Waals surface area contributed by atoms with Gasteiger partial charge in [-0.1, -0.05) is 106 Å². The van der Waals surface area contributed by atoms with Gasteiger partial charge in [0, 0.05) is 23.6 Å². The van der Waals surface area contributed by atoms with Gasteiger partial charge in [0.25, 0.3) is 0 Å². The lowest BCUT2D eigenvalue weighted by Gasteiger charge is -2.54. The molecule has 4 aliphatic rings. The second-order valence-electron chi connectivity index (χ2n) is 14.4. The first-order valence-corrected chi connectivity index (χ1v) is 18.6. The zero-order valence-corrected chi connectivity index (χ0v) is 27.8. The van der Waals surface area contributed by atoms with Crippen LogP contribution in [0, 0.1) is 17.3 Å². The molecule has 2 saturated carbocycles. The number of hydrogen-bond donors (Lipinski definition) is 0. The smallest absolute Gasteiger partial charge is 0.319 e. The molecule has 1 spiro atoms. The Morgan fingerprint density at radius 2 is 1.58 bits per heavy atom. The van der Waals surface area contributed by atoms with Crippen LogP contribution < -0.4 is 14.8 Å². The Kier molecular flexibility index (Phi) is 7.44. The van der Waals surface area contributed by atoms with E-state index in [1.54, 1.807) is 0 Å². The minimum atomic E-state index is -2.70. The minimum Gasteiger partial charge on any atom is -0.534 e. The first-order chi connectivity index (χ1) is 20.7. The van der Waals surface area contributed by atoms with Crippen LogP contribution in [0.1, 0.15) is 70.4 Å². The maximum atomic E-state index is 7.43. The summed E-state index contributed by atoms with van der Waals surface area (Å²) >= 11 is 6.44. The molecule has 0 aromatic heterocycles. The van der Waals surface area contributed by atoms with Crippen molar-refractivity contribution in [2.45, 2.75) is 76.5 Å². The quantitative estimate of drug-likeness (QED) is 0.166. The molecule has 3 aromatic rings. The maximum Gasteiger partial charge on any atom is 0.319 e. The third-order valence-corrected chi connectivity index (χ3v) is 16.5. The molecule has 5 heteroatoms. The number of rotatable bonds is 5. The SMILES string of the molecule is CC12CC(=CCCl)C3c4ccc(O[Si](c5ccccc5)(c5ccccc5)C(C)(C)C)cc4CCC3C1CCC21OCCO1. The number of alkyl halides is 1. The van der Waals surface area contributed by atoms with Gasteiger partial charge in [-0.25, -0.2) is 0 Å². The molecule has 1 heterocycles. The third kappa shape index (κ3) is 4.50. The number of ether oxygens (including phenoxy) is 2. The second kappa shape index (κ2) is 10.9. The number of fused-ring (bicyclic) bond motifs is 6. The van der Waals surface area contributed by atoms with Crippen molar-refractivity contribution < 1.29 is 13.9 Å². The predicted molar refractivity (Wildman–Crippen MR) is 178 cm³/mol. The molecule has 3 aromatic carbocycles. The van der Waals surface area contributed by atoms with E-state index in [-0.39, 0.29) is 10.5 Å². The second-order valence-corrected chi connectivity index (χ2v) is 19.0. The predicted octanol–water partition coefficient (Wildman–Crippen LogP) is 8.00. The highest BCUT2D eigenvalue weighted by Crippen LogP contribution is 2.67. The van der Waals surface area contributed by atoms with Gasteiger partial charge < -0.3 is 13.9 Å². The van der Waals surface area contributed by atoms with E-state index in [4.69, 9.17) is 25.5 Å². The summed E-state index contributed by atoms with van der Waals surface area (Å²) in [5.41, 5.74) is 4.37. The van der Waals surface area contributed by atoms with Crippen molar-refractivity contribution in [1.29, 1.82) is 0 Å². The minimum absolute atomic E-state index is 0.00755. The van der Waals surface area contributed by atoms with E-state index >= 15 is 0 Å². The average Bonchev–Trinajstić information content (AvgIpc) is 3.61. The molecule has 4 unspecified atom stereocenters. The molecular weight excluding hydrogens is 568 g/mol. The summed E-state index contributed by atoms with van der Waals surface area (Å²) in [5, 5.41) is 2.53. The van der Waals surface area contributed by atoms with Crippen LogP contribution in [0.5, 0.6) is 5.75 Å². The van der Waals surface area contributed by atoms with Crippen molar-refractivity contribution in [2.75, 3.05) is 19.1 Å². The monoisotopic (exact) mass is 612 g/mol. The highest BCUT2D eigenvalue weighted by molar-refractivity contribution is 7.00. The van der Waals surface area contributed by atoms with Crippen LogP contribution in [0.15, 0.2) is 90.5 Å². The molecule has 43 heavy (non-hydrogen) atoms. The molecule has 1 saturated heterocycles. The van der Waals surface area contributed by atoms with Gasteiger partial charge in [-0.3, -0.25) is 0 Å². The summed E-state index contributed by atoms with van der Waals surface area (Å²) in [5.74, 6) is 2.67. The van der Waals surface area contributed by atoms with Crippen molar-refractivity contribution in [2.24, 2.45) is 17.3 Å². The Balaban J connectivity index is 1.28. The maximum absolute atomic E-state index is 7.43. The van der Waals surface area contributed by atoms with E-state index < -0.39 is 14.1 Å². The van der Waals surface area contributed by atoms with Crippen molar-refractivity contribution in [1.82, 2.24) is 0 Å². The van der Waals surface area contributed by atoms with E-state index in [0.717, 1.165) is 25.0 Å². The van der Waals surface area contributed by atoms with Gasteiger partial charge in [0.15, 0.2) is 5.79 Å². The van der Waals surface area contributed by atoms with Crippen molar-refractivity contribution in [3.8, 4) is 5.75 Å². The van der Waals surface area contributed by atoms with Crippen LogP contribution in [0.25, 0.3) is 0 Å². The van der Waals surface area contributed by atoms with E-state index in [0.29, 0.717) is 36.8 Å². The third-order valence-electron chi connectivity index (χ3n) is 11.4. The van der Waals surface area contributed by atoms with E-state index in [1.165, 1.54) is 39.9 Å². The Labute approximate surface area is 263 Å². The highest BCUT2D eigenvalue weighted by atomic mass is 35.5. The molecular formula is C38H45ClO3Si. The molecule has 3 nitrogen and oxygen atoms in total. The normalized spacial score (nSPS) is 28.9. The van der Waals surface area contributed by atoms with Crippen molar-refractivity contribution in [3.05, 3.63) is 102 Å². The van der Waals surface area contributed by atoms with Gasteiger partial charge in [-0.15, -0.1) is 11.6 Å². The van der Waals surface area contributed by atoms with Crippen LogP contribution >= 0.6 is 11.6 Å². The van der Waals surface area contributed by atoms with Gasteiger partial charge in [0.1, 0.15) is 5.75 Å². The summed E-state index contributed by atoms with van der Waals surface area (Å²) in [4.78, 5) is 0. The fourth-order valence-electron chi connectivity index (χ4n) is 9.56. The van der Waals surface area contributed by atoms with Crippen LogP contribution in [-0.2, 0) is 15.9 Å². The van der Waals surface area contributed by atoms with E-state index in [2.05, 4.69) is 113 Å². The number of hydrogen-bond acceptors (Lipinski definition) is 3. The largest absolute Gasteiger partial charge is 0.534 e. The molecule has 0 N–H and O–H groups in total. The van der Waals surface area contributed by atoms with Crippen LogP contribution in [0.3, 0.4) is 0 Å². The molecule has 3 fully saturated rings. The Morgan fingerprint density at radius 3 is 2.19 bits per heavy atom. The van der Waals surface area contributed by atoms with Gasteiger partial charge in [-0.05, 0) is 76.2 Å². The lowest BCUT2D eigenvalue weighted by atomic mass is 9.53. The van der Waals surface area contributed by atoms with Crippen LogP contribution in [0.4, 0.5) is 0 Å². The van der Waals surface area contributed by atoms with Crippen molar-refractivity contribution >= 4 is 30.3 Å². The van der Waals surface area contributed by atoms with Crippen LogP contribution in [-0.4, -0.2) is 33.2 Å². The lowest BCUT2D eigenvalue weighted by Crippen LogP contribution is -2.68. The molecule has 3 aliphatic carbocycles. The average molecular weight is 613 g/mol. The standard InChI is InChI=1S/C38H45ClO3Si/c1-36(2,3)43(30-11-7-5-8-12-30,31-13-9-6-10-14-31)42-29-16-18-32-27(25-29)15-17-33-34-19-21-38(40-23-24-41-38)37(34,4)26-28(20-22-39)35(32)33/h5-14,16,18,20,25,33-35H,15,17,19,21-24,26H2,1-4H3. The summed E-state index contributed by atoms with van der Waals surface area (Å²) in [6, 6.07) is 28.9. The molecule has 7 rings (SSSR count). The summed E-state index contributed by atoms with van der Waals surface area (Å²) < 4.78 is 20.3. The number of allylic oxidation sites excluding steroid dienone is 2. The Morgan fingerprint density at radius 1 is 0.930 bits per heavy atom. The Bertz CT molecular complexity index is 1450. The number of benzene rings is 3.